The molecule has 9 heteroatoms. The number of sulfonamides is 1. The molecule has 0 saturated carbocycles. The largest absolute Gasteiger partial charge is 0.462 e. The van der Waals surface area contributed by atoms with Gasteiger partial charge in [-0.3, -0.25) is 0 Å². The number of furan rings is 1. The van der Waals surface area contributed by atoms with Gasteiger partial charge in [-0.2, -0.15) is 4.31 Å². The van der Waals surface area contributed by atoms with E-state index in [9.17, 15) is 13.2 Å². The van der Waals surface area contributed by atoms with Crippen molar-refractivity contribution in [3.8, 4) is 10.8 Å². The fraction of sp³-hybridized carbons (Fsp3) is 0.333. The zero-order valence-electron chi connectivity index (χ0n) is 16.5. The highest BCUT2D eigenvalue weighted by atomic mass is 32.2. The minimum absolute atomic E-state index is 0.00379. The Bertz CT molecular complexity index is 1120. The summed E-state index contributed by atoms with van der Waals surface area (Å²) >= 11 is 1.40. The molecule has 1 atom stereocenters. The van der Waals surface area contributed by atoms with Crippen molar-refractivity contribution in [3.05, 3.63) is 59.3 Å². The fourth-order valence-electron chi connectivity index (χ4n) is 3.46. The molecule has 1 aliphatic rings. The van der Waals surface area contributed by atoms with Gasteiger partial charge in [0.15, 0.2) is 10.8 Å². The van der Waals surface area contributed by atoms with Crippen LogP contribution in [0.15, 0.2) is 57.4 Å². The molecule has 1 saturated heterocycles. The predicted octanol–water partition coefficient (Wildman–Crippen LogP) is 4.32. The third-order valence-corrected chi connectivity index (χ3v) is 7.97. The molecule has 0 radical (unpaired) electrons. The molecule has 1 aromatic carbocycles. The number of benzene rings is 1. The van der Waals surface area contributed by atoms with Gasteiger partial charge in [0.05, 0.1) is 22.4 Å². The summed E-state index contributed by atoms with van der Waals surface area (Å²) in [5, 5.41) is 2.50. The predicted molar refractivity (Wildman–Crippen MR) is 113 cm³/mol. The van der Waals surface area contributed by atoms with Crippen LogP contribution in [0.25, 0.3) is 10.8 Å². The van der Waals surface area contributed by atoms with Crippen molar-refractivity contribution in [2.45, 2.75) is 43.7 Å². The van der Waals surface area contributed by atoms with E-state index in [-0.39, 0.29) is 23.1 Å². The van der Waals surface area contributed by atoms with Crippen molar-refractivity contribution >= 4 is 27.3 Å². The Morgan fingerprint density at radius 3 is 2.93 bits per heavy atom. The van der Waals surface area contributed by atoms with Crippen LogP contribution in [0.1, 0.15) is 42.2 Å². The third-order valence-electron chi connectivity index (χ3n) is 5.05. The average molecular weight is 447 g/mol. The summed E-state index contributed by atoms with van der Waals surface area (Å²) in [7, 11) is -3.65. The smallest absolute Gasteiger partial charge is 0.338 e. The Labute approximate surface area is 179 Å². The number of ether oxygens (including phenoxy) is 1. The average Bonchev–Trinajstić information content (AvgIpc) is 3.44. The van der Waals surface area contributed by atoms with Crippen LogP contribution in [0, 0.1) is 0 Å². The molecular weight excluding hydrogens is 424 g/mol. The first-order valence-corrected chi connectivity index (χ1v) is 12.0. The molecule has 30 heavy (non-hydrogen) atoms. The molecule has 3 aromatic rings. The van der Waals surface area contributed by atoms with Crippen molar-refractivity contribution in [1.82, 2.24) is 9.29 Å². The summed E-state index contributed by atoms with van der Waals surface area (Å²) in [6, 6.07) is 9.56. The quantitative estimate of drug-likeness (QED) is 0.524. The van der Waals surface area contributed by atoms with E-state index in [1.165, 1.54) is 27.8 Å². The maximum absolute atomic E-state index is 13.0. The molecule has 0 amide bonds. The molecule has 7 nitrogen and oxygen atoms in total. The van der Waals surface area contributed by atoms with E-state index < -0.39 is 16.0 Å². The second-order valence-corrected chi connectivity index (χ2v) is 9.93. The number of esters is 1. The Morgan fingerprint density at radius 2 is 2.17 bits per heavy atom. The van der Waals surface area contributed by atoms with Crippen LogP contribution < -0.4 is 0 Å². The van der Waals surface area contributed by atoms with E-state index in [0.717, 1.165) is 19.3 Å². The fourth-order valence-corrected chi connectivity index (χ4v) is 5.97. The lowest BCUT2D eigenvalue weighted by Crippen LogP contribution is -2.41. The SMILES string of the molecule is C[C@@H]1CCCCN1S(=O)(=O)c1cccc(C(=O)OCc2csc(-c3ccco3)n2)c1. The van der Waals surface area contributed by atoms with Gasteiger partial charge < -0.3 is 9.15 Å². The number of aromatic nitrogens is 1. The Balaban J connectivity index is 1.45. The van der Waals surface area contributed by atoms with Gasteiger partial charge in [-0.15, -0.1) is 11.3 Å². The molecule has 3 heterocycles. The van der Waals surface area contributed by atoms with Gasteiger partial charge in [-0.25, -0.2) is 18.2 Å². The topological polar surface area (TPSA) is 89.7 Å². The van der Waals surface area contributed by atoms with Crippen LogP contribution in [0.2, 0.25) is 0 Å². The molecular formula is C21H22N2O5S2. The highest BCUT2D eigenvalue weighted by Crippen LogP contribution is 2.26. The van der Waals surface area contributed by atoms with Crippen LogP contribution in [0.5, 0.6) is 0 Å². The van der Waals surface area contributed by atoms with Gasteiger partial charge in [0, 0.05) is 18.0 Å². The lowest BCUT2D eigenvalue weighted by molar-refractivity contribution is 0.0468. The number of carbonyl (C=O) groups is 1. The molecule has 2 aromatic heterocycles. The van der Waals surface area contributed by atoms with Gasteiger partial charge in [-0.1, -0.05) is 12.5 Å². The number of carbonyl (C=O) groups excluding carboxylic acids is 1. The van der Waals surface area contributed by atoms with E-state index >= 15 is 0 Å². The molecule has 158 valence electrons. The van der Waals surface area contributed by atoms with Gasteiger partial charge in [-0.05, 0) is 50.1 Å². The monoisotopic (exact) mass is 446 g/mol. The van der Waals surface area contributed by atoms with E-state index in [0.29, 0.717) is 23.0 Å². The highest BCUT2D eigenvalue weighted by Gasteiger charge is 2.31. The number of piperidine rings is 1. The lowest BCUT2D eigenvalue weighted by Gasteiger charge is -2.32. The van der Waals surface area contributed by atoms with Crippen molar-refractivity contribution in [2.75, 3.05) is 6.54 Å². The van der Waals surface area contributed by atoms with Gasteiger partial charge in [0.2, 0.25) is 10.0 Å². The van der Waals surface area contributed by atoms with Crippen molar-refractivity contribution in [1.29, 1.82) is 0 Å². The van der Waals surface area contributed by atoms with Crippen molar-refractivity contribution in [2.24, 2.45) is 0 Å². The summed E-state index contributed by atoms with van der Waals surface area (Å²) in [4.78, 5) is 17.0. The zero-order valence-corrected chi connectivity index (χ0v) is 18.1. The van der Waals surface area contributed by atoms with Crippen LogP contribution in [0.4, 0.5) is 0 Å². The summed E-state index contributed by atoms with van der Waals surface area (Å²) in [5.41, 5.74) is 0.799. The summed E-state index contributed by atoms with van der Waals surface area (Å²) < 4.78 is 38.2. The van der Waals surface area contributed by atoms with Crippen LogP contribution >= 0.6 is 11.3 Å². The van der Waals surface area contributed by atoms with Crippen LogP contribution in [-0.2, 0) is 21.4 Å². The second kappa shape index (κ2) is 8.71. The number of hydrogen-bond acceptors (Lipinski definition) is 7. The van der Waals surface area contributed by atoms with Crippen molar-refractivity contribution in [3.63, 3.8) is 0 Å². The molecule has 0 spiro atoms. The lowest BCUT2D eigenvalue weighted by atomic mass is 10.1. The van der Waals surface area contributed by atoms with Gasteiger partial charge >= 0.3 is 5.97 Å². The molecule has 1 aliphatic heterocycles. The van der Waals surface area contributed by atoms with Crippen LogP contribution in [-0.4, -0.2) is 36.3 Å². The molecule has 0 bridgehead atoms. The number of nitrogens with zero attached hydrogens (tertiary/aromatic N) is 2. The Hall–Kier alpha value is -2.49. The molecule has 4 rings (SSSR count). The van der Waals surface area contributed by atoms with Gasteiger partial charge in [0.1, 0.15) is 6.61 Å². The Morgan fingerprint density at radius 1 is 1.30 bits per heavy atom. The van der Waals surface area contributed by atoms with E-state index in [2.05, 4.69) is 4.98 Å². The Kier molecular flexibility index (Phi) is 6.03. The minimum Gasteiger partial charge on any atom is -0.462 e. The maximum Gasteiger partial charge on any atom is 0.338 e. The molecule has 1 fully saturated rings. The molecule has 0 unspecified atom stereocenters. The highest BCUT2D eigenvalue weighted by molar-refractivity contribution is 7.89. The number of rotatable bonds is 6. The summed E-state index contributed by atoms with van der Waals surface area (Å²) in [5.74, 6) is 0.0636. The summed E-state index contributed by atoms with van der Waals surface area (Å²) in [6.07, 6.45) is 4.29. The van der Waals surface area contributed by atoms with Crippen molar-refractivity contribution < 1.29 is 22.4 Å². The molecule has 0 N–H and O–H groups in total. The first-order chi connectivity index (χ1) is 14.4. The van der Waals surface area contributed by atoms with E-state index in [4.69, 9.17) is 9.15 Å². The molecule has 0 aliphatic carbocycles. The maximum atomic E-state index is 13.0. The number of thiazole rings is 1. The van der Waals surface area contributed by atoms with Gasteiger partial charge in [0.25, 0.3) is 0 Å². The van der Waals surface area contributed by atoms with E-state index in [1.807, 2.05) is 13.0 Å². The number of hydrogen-bond donors (Lipinski definition) is 0. The van der Waals surface area contributed by atoms with E-state index in [1.54, 1.807) is 29.8 Å². The first-order valence-electron chi connectivity index (χ1n) is 9.72. The minimum atomic E-state index is -3.65. The summed E-state index contributed by atoms with van der Waals surface area (Å²) in [6.45, 7) is 2.41. The first kappa shape index (κ1) is 20.8. The normalized spacial score (nSPS) is 17.7. The zero-order chi connectivity index (χ0) is 21.1. The van der Waals surface area contributed by atoms with Crippen LogP contribution in [0.3, 0.4) is 0 Å². The second-order valence-electron chi connectivity index (χ2n) is 7.19. The third kappa shape index (κ3) is 4.33. The standard InChI is InChI=1S/C21H22N2O5S2/c1-15-6-2-3-10-23(15)30(25,26)18-8-4-7-16(12-18)21(24)28-13-17-14-29-20(22-17)19-9-5-11-27-19/h4-5,7-9,11-12,14-15H,2-3,6,10,13H2,1H3/t15-/m1/s1.